The van der Waals surface area contributed by atoms with Gasteiger partial charge in [-0.05, 0) is 54.8 Å². The first-order valence-corrected chi connectivity index (χ1v) is 14.4. The van der Waals surface area contributed by atoms with E-state index in [4.69, 9.17) is 35.5 Å². The van der Waals surface area contributed by atoms with Gasteiger partial charge in [-0.2, -0.15) is 0 Å². The zero-order chi connectivity index (χ0) is 29.9. The Balaban J connectivity index is 1.13. The minimum Gasteiger partial charge on any atom is -0.478 e. The maximum Gasteiger partial charge on any atom is 0.335 e. The van der Waals surface area contributed by atoms with Crippen LogP contribution in [0.25, 0.3) is 16.6 Å². The molecular formula is C32H27ClF2N2O6. The van der Waals surface area contributed by atoms with E-state index in [1.54, 1.807) is 30.3 Å². The Kier molecular flexibility index (Phi) is 6.87. The van der Waals surface area contributed by atoms with Gasteiger partial charge < -0.3 is 28.6 Å². The standard InChI is InChI=1S/C32H27ClF2N2O6/c1-32(29-23(34)12-19(33)13-24(29)35)42-27-4-2-3-22(30(27)43-32)18-5-7-20(41-16-18)14-28-36-25-8-6-17(31(38)39)11-26(25)37(28)15-21-9-10-40-21/h2-6,8,11-13,20-21H,7,9-10,14-16H2,1H3,(H,38,39)/t20?,21-,32?/m0/s1. The summed E-state index contributed by atoms with van der Waals surface area (Å²) in [6.45, 7) is 3.05. The third-order valence-electron chi connectivity index (χ3n) is 8.15. The molecule has 0 spiro atoms. The third-order valence-corrected chi connectivity index (χ3v) is 8.37. The van der Waals surface area contributed by atoms with Crippen molar-refractivity contribution in [2.24, 2.45) is 0 Å². The number of rotatable bonds is 7. The second-order valence-corrected chi connectivity index (χ2v) is 11.5. The van der Waals surface area contributed by atoms with E-state index < -0.39 is 23.4 Å². The van der Waals surface area contributed by atoms with Gasteiger partial charge in [-0.1, -0.05) is 29.8 Å². The second-order valence-electron chi connectivity index (χ2n) is 11.1. The molecule has 11 heteroatoms. The van der Waals surface area contributed by atoms with Crippen LogP contribution in [0.1, 0.15) is 47.1 Å². The maximum atomic E-state index is 14.8. The monoisotopic (exact) mass is 608 g/mol. The number of hydrogen-bond acceptors (Lipinski definition) is 6. The second kappa shape index (κ2) is 10.6. The van der Waals surface area contributed by atoms with Gasteiger partial charge in [-0.15, -0.1) is 0 Å². The first-order valence-electron chi connectivity index (χ1n) is 14.0. The van der Waals surface area contributed by atoms with Crippen molar-refractivity contribution >= 4 is 34.2 Å². The van der Waals surface area contributed by atoms with Crippen LogP contribution in [-0.2, 0) is 28.2 Å². The number of para-hydroxylation sites is 1. The van der Waals surface area contributed by atoms with Crippen LogP contribution >= 0.6 is 11.6 Å². The highest BCUT2D eigenvalue weighted by Gasteiger charge is 2.44. The number of carboxylic acids is 1. The Labute approximate surface area is 250 Å². The van der Waals surface area contributed by atoms with Crippen molar-refractivity contribution in [3.63, 3.8) is 0 Å². The maximum absolute atomic E-state index is 14.8. The molecule has 0 bridgehead atoms. The van der Waals surface area contributed by atoms with Gasteiger partial charge >= 0.3 is 5.97 Å². The number of halogens is 3. The smallest absolute Gasteiger partial charge is 0.335 e. The molecule has 1 aromatic heterocycles. The number of ether oxygens (including phenoxy) is 4. The zero-order valence-corrected chi connectivity index (χ0v) is 23.9. The molecule has 0 amide bonds. The van der Waals surface area contributed by atoms with E-state index >= 15 is 0 Å². The highest BCUT2D eigenvalue weighted by Crippen LogP contribution is 2.49. The number of carbonyl (C=O) groups is 1. The summed E-state index contributed by atoms with van der Waals surface area (Å²) in [5.41, 5.74) is 2.89. The predicted octanol–water partition coefficient (Wildman–Crippen LogP) is 6.51. The molecule has 3 aliphatic rings. The summed E-state index contributed by atoms with van der Waals surface area (Å²) in [5.74, 6) is -2.89. The number of benzene rings is 3. The quantitative estimate of drug-likeness (QED) is 0.256. The first-order chi connectivity index (χ1) is 20.7. The van der Waals surface area contributed by atoms with E-state index in [9.17, 15) is 18.7 Å². The average molecular weight is 609 g/mol. The molecule has 0 aliphatic carbocycles. The van der Waals surface area contributed by atoms with Crippen molar-refractivity contribution in [1.82, 2.24) is 9.55 Å². The summed E-state index contributed by atoms with van der Waals surface area (Å²) in [7, 11) is 0. The minimum absolute atomic E-state index is 0.0606. The molecule has 0 saturated carbocycles. The molecule has 4 aromatic rings. The number of aromatic nitrogens is 2. The van der Waals surface area contributed by atoms with Gasteiger partial charge in [-0.3, -0.25) is 0 Å². The van der Waals surface area contributed by atoms with Gasteiger partial charge in [0.2, 0.25) is 0 Å². The van der Waals surface area contributed by atoms with Crippen LogP contribution in [0, 0.1) is 11.6 Å². The van der Waals surface area contributed by atoms with E-state index in [-0.39, 0.29) is 35.0 Å². The Hall–Kier alpha value is -3.99. The van der Waals surface area contributed by atoms with Gasteiger partial charge in [0, 0.05) is 30.5 Å². The fourth-order valence-electron chi connectivity index (χ4n) is 5.90. The summed E-state index contributed by atoms with van der Waals surface area (Å²) < 4.78 is 55.6. The topological polar surface area (TPSA) is 92.0 Å². The van der Waals surface area contributed by atoms with Crippen LogP contribution in [0.4, 0.5) is 8.78 Å². The van der Waals surface area contributed by atoms with Gasteiger partial charge in [0.25, 0.3) is 5.79 Å². The lowest BCUT2D eigenvalue weighted by atomic mass is 9.99. The molecule has 3 atom stereocenters. The highest BCUT2D eigenvalue weighted by molar-refractivity contribution is 6.30. The number of carboxylic acid groups (broad SMARTS) is 1. The Bertz CT molecular complexity index is 1780. The number of fused-ring (bicyclic) bond motifs is 2. The van der Waals surface area contributed by atoms with Crippen molar-refractivity contribution in [2.75, 3.05) is 13.2 Å². The summed E-state index contributed by atoms with van der Waals surface area (Å²) in [6.07, 6.45) is 4.00. The van der Waals surface area contributed by atoms with E-state index in [2.05, 4.69) is 6.08 Å². The molecule has 7 rings (SSSR count). The van der Waals surface area contributed by atoms with Crippen molar-refractivity contribution in [2.45, 2.75) is 50.7 Å². The molecule has 1 saturated heterocycles. The van der Waals surface area contributed by atoms with E-state index in [1.807, 2.05) is 10.6 Å². The molecule has 0 radical (unpaired) electrons. The van der Waals surface area contributed by atoms with E-state index in [1.165, 1.54) is 6.92 Å². The zero-order valence-electron chi connectivity index (χ0n) is 23.1. The van der Waals surface area contributed by atoms with Gasteiger partial charge in [0.15, 0.2) is 11.5 Å². The van der Waals surface area contributed by atoms with Crippen molar-refractivity contribution in [3.05, 3.63) is 93.8 Å². The molecule has 1 fully saturated rings. The van der Waals surface area contributed by atoms with Crippen LogP contribution in [0.2, 0.25) is 5.02 Å². The molecule has 43 heavy (non-hydrogen) atoms. The molecule has 4 heterocycles. The van der Waals surface area contributed by atoms with Crippen molar-refractivity contribution in [1.29, 1.82) is 0 Å². The first kappa shape index (κ1) is 27.8. The van der Waals surface area contributed by atoms with Crippen LogP contribution < -0.4 is 9.47 Å². The average Bonchev–Trinajstić information content (AvgIpc) is 3.46. The van der Waals surface area contributed by atoms with Crippen LogP contribution in [-0.4, -0.2) is 46.0 Å². The van der Waals surface area contributed by atoms with Crippen molar-refractivity contribution in [3.8, 4) is 11.5 Å². The number of nitrogens with zero attached hydrogens (tertiary/aromatic N) is 2. The van der Waals surface area contributed by atoms with Crippen LogP contribution in [0.3, 0.4) is 0 Å². The highest BCUT2D eigenvalue weighted by atomic mass is 35.5. The molecule has 222 valence electrons. The Morgan fingerprint density at radius 2 is 1.91 bits per heavy atom. The van der Waals surface area contributed by atoms with Crippen molar-refractivity contribution < 1.29 is 37.6 Å². The fourth-order valence-corrected chi connectivity index (χ4v) is 6.09. The number of imidazole rings is 1. The lowest BCUT2D eigenvalue weighted by molar-refractivity contribution is -0.0736. The Morgan fingerprint density at radius 1 is 1.12 bits per heavy atom. The number of hydrogen-bond donors (Lipinski definition) is 1. The van der Waals surface area contributed by atoms with Crippen LogP contribution in [0.15, 0.2) is 54.6 Å². The number of aromatic carboxylic acids is 1. The summed E-state index contributed by atoms with van der Waals surface area (Å²) in [6, 6.07) is 12.3. The molecular weight excluding hydrogens is 582 g/mol. The van der Waals surface area contributed by atoms with E-state index in [0.717, 1.165) is 41.0 Å². The largest absolute Gasteiger partial charge is 0.478 e. The third kappa shape index (κ3) is 5.03. The molecule has 3 aliphatic heterocycles. The summed E-state index contributed by atoms with van der Waals surface area (Å²) in [5, 5.41) is 9.44. The Morgan fingerprint density at radius 3 is 2.58 bits per heavy atom. The fraction of sp³-hybridized carbons (Fsp3) is 0.312. The lowest BCUT2D eigenvalue weighted by Gasteiger charge is -2.28. The summed E-state index contributed by atoms with van der Waals surface area (Å²) >= 11 is 5.82. The summed E-state index contributed by atoms with van der Waals surface area (Å²) in [4.78, 5) is 16.4. The normalized spacial score (nSPS) is 22.8. The van der Waals surface area contributed by atoms with Crippen LogP contribution in [0.5, 0.6) is 11.5 Å². The van der Waals surface area contributed by atoms with Gasteiger partial charge in [-0.25, -0.2) is 18.6 Å². The molecule has 2 unspecified atom stereocenters. The minimum atomic E-state index is -1.72. The van der Waals surface area contributed by atoms with Gasteiger partial charge in [0.1, 0.15) is 23.0 Å². The predicted molar refractivity (Wildman–Crippen MR) is 154 cm³/mol. The lowest BCUT2D eigenvalue weighted by Crippen LogP contribution is -2.34. The van der Waals surface area contributed by atoms with Gasteiger partial charge in [0.05, 0.1) is 42.0 Å². The molecule has 3 aromatic carbocycles. The molecule has 8 nitrogen and oxygen atoms in total. The molecule has 1 N–H and O–H groups in total. The SMILES string of the molecule is CC1(c2c(F)cc(Cl)cc2F)Oc2cccc(C3=CCC(Cc4nc5ccc(C(=O)O)cc5n4C[C@@H]4CCO4)OC3)c2O1. The van der Waals surface area contributed by atoms with E-state index in [0.29, 0.717) is 43.1 Å².